The highest BCUT2D eigenvalue weighted by Gasteiger charge is 2.39. The fraction of sp³-hybridized carbons (Fsp3) is 0.320. The summed E-state index contributed by atoms with van der Waals surface area (Å²) in [5.74, 6) is -0.0242. The van der Waals surface area contributed by atoms with Gasteiger partial charge in [-0.25, -0.2) is 4.68 Å². The molecular formula is C25H24N4O2. The molecule has 1 amide bonds. The molecule has 0 bridgehead atoms. The minimum Gasteiger partial charge on any atom is -0.391 e. The lowest BCUT2D eigenvalue weighted by molar-refractivity contribution is 0.0479. The second-order valence-electron chi connectivity index (χ2n) is 8.47. The first kappa shape index (κ1) is 19.5. The first-order valence-electron chi connectivity index (χ1n) is 10.7. The van der Waals surface area contributed by atoms with Crippen LogP contribution in [0, 0.1) is 18.3 Å². The number of aromatic nitrogens is 2. The van der Waals surface area contributed by atoms with Crippen LogP contribution in [0.5, 0.6) is 0 Å². The Morgan fingerprint density at radius 1 is 1.26 bits per heavy atom. The molecule has 1 fully saturated rings. The minimum atomic E-state index is -0.457. The number of fused-ring (bicyclic) bond motifs is 1. The summed E-state index contributed by atoms with van der Waals surface area (Å²) in [6.07, 6.45) is 6.27. The molecule has 31 heavy (non-hydrogen) atoms. The molecule has 0 unspecified atom stereocenters. The van der Waals surface area contributed by atoms with Crippen molar-refractivity contribution in [2.75, 3.05) is 0 Å². The van der Waals surface area contributed by atoms with E-state index in [1.54, 1.807) is 15.8 Å². The van der Waals surface area contributed by atoms with Crippen LogP contribution in [-0.2, 0) is 13.0 Å². The molecule has 1 aliphatic carbocycles. The lowest BCUT2D eigenvalue weighted by atomic mass is 9.91. The van der Waals surface area contributed by atoms with Gasteiger partial charge >= 0.3 is 0 Å². The van der Waals surface area contributed by atoms with E-state index >= 15 is 0 Å². The first-order valence-corrected chi connectivity index (χ1v) is 10.7. The minimum absolute atomic E-state index is 0.0242. The maximum absolute atomic E-state index is 13.2. The Morgan fingerprint density at radius 2 is 2.06 bits per heavy atom. The molecule has 3 aromatic rings. The van der Waals surface area contributed by atoms with Crippen molar-refractivity contribution < 1.29 is 9.90 Å². The highest BCUT2D eigenvalue weighted by molar-refractivity contribution is 5.99. The van der Waals surface area contributed by atoms with E-state index < -0.39 is 6.10 Å². The zero-order valence-corrected chi connectivity index (χ0v) is 17.5. The predicted molar refractivity (Wildman–Crippen MR) is 116 cm³/mol. The molecule has 6 nitrogen and oxygen atoms in total. The summed E-state index contributed by atoms with van der Waals surface area (Å²) in [6, 6.07) is 14.1. The summed E-state index contributed by atoms with van der Waals surface area (Å²) in [6.45, 7) is 2.42. The van der Waals surface area contributed by atoms with Crippen LogP contribution in [0.4, 0.5) is 0 Å². The molecule has 2 aromatic carbocycles. The summed E-state index contributed by atoms with van der Waals surface area (Å²) in [5.41, 5.74) is 6.05. The first-order chi connectivity index (χ1) is 15.1. The quantitative estimate of drug-likeness (QED) is 0.711. The Balaban J connectivity index is 1.46. The van der Waals surface area contributed by atoms with Crippen molar-refractivity contribution in [1.29, 1.82) is 5.26 Å². The summed E-state index contributed by atoms with van der Waals surface area (Å²) < 4.78 is 1.80. The van der Waals surface area contributed by atoms with E-state index in [1.165, 1.54) is 0 Å². The van der Waals surface area contributed by atoms with Gasteiger partial charge in [0.05, 0.1) is 29.5 Å². The van der Waals surface area contributed by atoms with Gasteiger partial charge in [-0.05, 0) is 79.1 Å². The Bertz CT molecular complexity index is 1180. The number of nitriles is 1. The van der Waals surface area contributed by atoms with E-state index in [9.17, 15) is 15.2 Å². The van der Waals surface area contributed by atoms with E-state index in [-0.39, 0.29) is 11.9 Å². The number of benzene rings is 2. The topological polar surface area (TPSA) is 82.2 Å². The van der Waals surface area contributed by atoms with Gasteiger partial charge < -0.3 is 10.0 Å². The summed E-state index contributed by atoms with van der Waals surface area (Å²) >= 11 is 0. The van der Waals surface area contributed by atoms with Gasteiger partial charge in [0.2, 0.25) is 0 Å². The van der Waals surface area contributed by atoms with E-state index in [0.29, 0.717) is 24.1 Å². The van der Waals surface area contributed by atoms with Gasteiger partial charge in [-0.1, -0.05) is 12.1 Å². The smallest absolute Gasteiger partial charge is 0.254 e. The average molecular weight is 412 g/mol. The molecule has 156 valence electrons. The third kappa shape index (κ3) is 3.31. The number of hydrogen-bond donors (Lipinski definition) is 1. The molecule has 1 N–H and O–H groups in total. The number of rotatable bonds is 4. The van der Waals surface area contributed by atoms with Crippen LogP contribution < -0.4 is 0 Å². The molecule has 6 heteroatoms. The maximum Gasteiger partial charge on any atom is 0.254 e. The predicted octanol–water partition coefficient (Wildman–Crippen LogP) is 3.51. The number of carbonyl (C=O) groups is 1. The summed E-state index contributed by atoms with van der Waals surface area (Å²) in [5, 5.41) is 24.4. The van der Waals surface area contributed by atoms with Gasteiger partial charge in [0.25, 0.3) is 5.91 Å². The second kappa shape index (κ2) is 7.68. The number of amides is 1. The van der Waals surface area contributed by atoms with Crippen LogP contribution in [0.3, 0.4) is 0 Å². The monoisotopic (exact) mass is 412 g/mol. The van der Waals surface area contributed by atoms with Gasteiger partial charge in [0.1, 0.15) is 0 Å². The number of aliphatic hydroxyl groups is 1. The van der Waals surface area contributed by atoms with Crippen LogP contribution in [0.2, 0.25) is 0 Å². The van der Waals surface area contributed by atoms with Crippen molar-refractivity contribution in [3.63, 3.8) is 0 Å². The summed E-state index contributed by atoms with van der Waals surface area (Å²) in [4.78, 5) is 15.0. The molecule has 0 spiro atoms. The zero-order chi connectivity index (χ0) is 21.5. The van der Waals surface area contributed by atoms with Gasteiger partial charge in [-0.15, -0.1) is 0 Å². The fourth-order valence-electron chi connectivity index (χ4n) is 4.97. The average Bonchev–Trinajstić information content (AvgIpc) is 3.51. The van der Waals surface area contributed by atoms with Gasteiger partial charge in [-0.2, -0.15) is 10.4 Å². The van der Waals surface area contributed by atoms with Crippen LogP contribution in [-0.4, -0.2) is 37.8 Å². The van der Waals surface area contributed by atoms with E-state index in [0.717, 1.165) is 47.2 Å². The van der Waals surface area contributed by atoms with E-state index in [1.807, 2.05) is 49.5 Å². The molecule has 1 saturated carbocycles. The number of nitrogens with zero attached hydrogens (tertiary/aromatic N) is 4. The van der Waals surface area contributed by atoms with Gasteiger partial charge in [0.15, 0.2) is 0 Å². The number of hydrogen-bond acceptors (Lipinski definition) is 4. The van der Waals surface area contributed by atoms with Crippen molar-refractivity contribution in [2.45, 2.75) is 51.3 Å². The molecule has 1 aromatic heterocycles. The molecule has 0 radical (unpaired) electrons. The highest BCUT2D eigenvalue weighted by Crippen LogP contribution is 2.36. The van der Waals surface area contributed by atoms with Crippen molar-refractivity contribution in [3.8, 4) is 11.8 Å². The number of carbonyl (C=O) groups excluding carboxylic acids is 1. The third-order valence-electron chi connectivity index (χ3n) is 6.67. The highest BCUT2D eigenvalue weighted by atomic mass is 16.3. The molecular weight excluding hydrogens is 388 g/mol. The van der Waals surface area contributed by atoms with Crippen molar-refractivity contribution in [3.05, 3.63) is 82.2 Å². The molecule has 5 rings (SSSR count). The molecule has 2 heterocycles. The molecule has 0 saturated heterocycles. The summed E-state index contributed by atoms with van der Waals surface area (Å²) in [7, 11) is 0. The third-order valence-corrected chi connectivity index (χ3v) is 6.67. The SMILES string of the molecule is Cc1c(C#N)c(Cc2ccc(-n3cccn3)cc2)cc2c1CN([C@@H]1CCC[C@H]1O)C2=O. The lowest BCUT2D eigenvalue weighted by Crippen LogP contribution is -2.40. The fourth-order valence-corrected chi connectivity index (χ4v) is 4.97. The van der Waals surface area contributed by atoms with Crippen LogP contribution in [0.25, 0.3) is 5.69 Å². The number of aliphatic hydroxyl groups excluding tert-OH is 1. The largest absolute Gasteiger partial charge is 0.391 e. The van der Waals surface area contributed by atoms with Gasteiger partial charge in [0, 0.05) is 24.5 Å². The van der Waals surface area contributed by atoms with Gasteiger partial charge in [-0.3, -0.25) is 4.79 Å². The van der Waals surface area contributed by atoms with Crippen LogP contribution in [0.15, 0.2) is 48.8 Å². The van der Waals surface area contributed by atoms with Crippen molar-refractivity contribution >= 4 is 5.91 Å². The second-order valence-corrected chi connectivity index (χ2v) is 8.47. The lowest BCUT2D eigenvalue weighted by Gasteiger charge is -2.26. The molecule has 2 aliphatic rings. The standard InChI is InChI=1S/C25H24N4O2/c1-16-21(14-26)18(12-17-6-8-19(9-7-17)29-11-3-10-27-29)13-20-22(16)15-28(25(20)31)23-4-2-5-24(23)30/h3,6-11,13,23-24,30H,2,4-5,12,15H2,1H3/t23-,24-/m1/s1. The normalized spacial score (nSPS) is 20.2. The Morgan fingerprint density at radius 3 is 2.71 bits per heavy atom. The maximum atomic E-state index is 13.2. The van der Waals surface area contributed by atoms with E-state index in [4.69, 9.17) is 0 Å². The van der Waals surface area contributed by atoms with Crippen LogP contribution >= 0.6 is 0 Å². The zero-order valence-electron chi connectivity index (χ0n) is 17.5. The Kier molecular flexibility index (Phi) is 4.84. The van der Waals surface area contributed by atoms with Crippen LogP contribution in [0.1, 0.15) is 57.4 Å². The van der Waals surface area contributed by atoms with Crippen molar-refractivity contribution in [2.24, 2.45) is 0 Å². The molecule has 2 atom stereocenters. The Labute approximate surface area is 181 Å². The Hall–Kier alpha value is -3.43. The van der Waals surface area contributed by atoms with Crippen molar-refractivity contribution in [1.82, 2.24) is 14.7 Å². The molecule has 1 aliphatic heterocycles. The van der Waals surface area contributed by atoms with E-state index in [2.05, 4.69) is 11.2 Å².